The second-order valence-corrected chi connectivity index (χ2v) is 11.6. The van der Waals surface area contributed by atoms with Crippen LogP contribution in [0.15, 0.2) is 71.6 Å². The van der Waals surface area contributed by atoms with Crippen molar-refractivity contribution in [1.29, 1.82) is 0 Å². The molecule has 3 aromatic rings. The molecule has 0 aromatic heterocycles. The first-order valence-electron chi connectivity index (χ1n) is 11.9. The number of rotatable bonds is 6. The molecule has 204 valence electrons. The van der Waals surface area contributed by atoms with Gasteiger partial charge in [0.25, 0.3) is 0 Å². The predicted octanol–water partition coefficient (Wildman–Crippen LogP) is 4.30. The molecule has 0 radical (unpaired) electrons. The molecule has 0 saturated carbocycles. The Kier molecular flexibility index (Phi) is 8.22. The standard InChI is InChI=1S/C27H26ClFN4O5S/c1-16(34)30-20-14-24(33(15-20)27(36)31-19-10-8-18(28)9-11-19)26(35)32-23-12-7-17(13-22(23)29)21-5-3-4-6-25(21)39(2,37)38/h3-13,20,24H,14-15H2,1-2H3,(H,30,34)(H,31,36)(H,32,35)/t20-,24-/m1/s1. The molecule has 1 fully saturated rings. The first-order valence-corrected chi connectivity index (χ1v) is 14.2. The van der Waals surface area contributed by atoms with Gasteiger partial charge < -0.3 is 20.9 Å². The highest BCUT2D eigenvalue weighted by atomic mass is 35.5. The maximum Gasteiger partial charge on any atom is 0.322 e. The summed E-state index contributed by atoms with van der Waals surface area (Å²) in [6.45, 7) is 1.41. The zero-order valence-electron chi connectivity index (χ0n) is 21.1. The minimum Gasteiger partial charge on any atom is -0.352 e. The number of carbonyl (C=O) groups is 3. The van der Waals surface area contributed by atoms with E-state index in [1.165, 1.54) is 30.0 Å². The van der Waals surface area contributed by atoms with Gasteiger partial charge in [0.05, 0.1) is 10.6 Å². The van der Waals surface area contributed by atoms with Crippen LogP contribution in [0.3, 0.4) is 0 Å². The largest absolute Gasteiger partial charge is 0.352 e. The lowest BCUT2D eigenvalue weighted by Gasteiger charge is -2.24. The van der Waals surface area contributed by atoms with Crippen LogP contribution in [-0.4, -0.2) is 56.0 Å². The smallest absolute Gasteiger partial charge is 0.322 e. The van der Waals surface area contributed by atoms with Gasteiger partial charge in [-0.2, -0.15) is 0 Å². The van der Waals surface area contributed by atoms with Crippen molar-refractivity contribution in [1.82, 2.24) is 10.2 Å². The Balaban J connectivity index is 1.55. The lowest BCUT2D eigenvalue weighted by atomic mass is 10.0. The normalized spacial score (nSPS) is 17.0. The highest BCUT2D eigenvalue weighted by Crippen LogP contribution is 2.30. The fourth-order valence-corrected chi connectivity index (χ4v) is 5.50. The topological polar surface area (TPSA) is 125 Å². The summed E-state index contributed by atoms with van der Waals surface area (Å²) in [7, 11) is -3.56. The summed E-state index contributed by atoms with van der Waals surface area (Å²) in [4.78, 5) is 39.2. The van der Waals surface area contributed by atoms with Crippen molar-refractivity contribution < 1.29 is 27.2 Å². The minimum absolute atomic E-state index is 0.0542. The number of carbonyl (C=O) groups excluding carboxylic acids is 3. The summed E-state index contributed by atoms with van der Waals surface area (Å²) >= 11 is 5.90. The van der Waals surface area contributed by atoms with Gasteiger partial charge in [0, 0.05) is 42.0 Å². The number of amides is 4. The van der Waals surface area contributed by atoms with Gasteiger partial charge in [0.15, 0.2) is 9.84 Å². The zero-order valence-corrected chi connectivity index (χ0v) is 22.6. The zero-order chi connectivity index (χ0) is 28.3. The van der Waals surface area contributed by atoms with E-state index in [4.69, 9.17) is 11.6 Å². The van der Waals surface area contributed by atoms with Crippen molar-refractivity contribution in [2.45, 2.75) is 30.3 Å². The molecule has 9 nitrogen and oxygen atoms in total. The molecule has 0 aliphatic carbocycles. The summed E-state index contributed by atoms with van der Waals surface area (Å²) in [5.74, 6) is -1.73. The van der Waals surface area contributed by atoms with Crippen molar-refractivity contribution in [3.8, 4) is 11.1 Å². The second-order valence-electron chi connectivity index (χ2n) is 9.19. The number of nitrogens with zero attached hydrogens (tertiary/aromatic N) is 1. The fraction of sp³-hybridized carbons (Fsp3) is 0.222. The van der Waals surface area contributed by atoms with Crippen LogP contribution in [0.2, 0.25) is 5.02 Å². The molecule has 3 N–H and O–H groups in total. The maximum absolute atomic E-state index is 15.1. The number of hydrogen-bond acceptors (Lipinski definition) is 5. The number of anilines is 2. The quantitative estimate of drug-likeness (QED) is 0.406. The fourth-order valence-electron chi connectivity index (χ4n) is 4.46. The van der Waals surface area contributed by atoms with Crippen molar-refractivity contribution in [3.05, 3.63) is 77.6 Å². The number of nitrogens with one attached hydrogen (secondary N) is 3. The maximum atomic E-state index is 15.1. The van der Waals surface area contributed by atoms with E-state index >= 15 is 4.39 Å². The molecule has 3 aromatic carbocycles. The number of urea groups is 1. The average molecular weight is 573 g/mol. The number of benzene rings is 3. The predicted molar refractivity (Wildman–Crippen MR) is 147 cm³/mol. The first kappa shape index (κ1) is 28.1. The van der Waals surface area contributed by atoms with Gasteiger partial charge in [-0.1, -0.05) is 35.9 Å². The van der Waals surface area contributed by atoms with Gasteiger partial charge in [-0.05, 0) is 54.4 Å². The summed E-state index contributed by atoms with van der Waals surface area (Å²) in [5, 5.41) is 8.43. The molecule has 1 aliphatic heterocycles. The third-order valence-electron chi connectivity index (χ3n) is 6.19. The third kappa shape index (κ3) is 6.73. The summed E-state index contributed by atoms with van der Waals surface area (Å²) in [5.41, 5.74) is 0.974. The van der Waals surface area contributed by atoms with E-state index in [1.807, 2.05) is 0 Å². The molecule has 1 saturated heterocycles. The molecule has 0 unspecified atom stereocenters. The van der Waals surface area contributed by atoms with Crippen LogP contribution >= 0.6 is 11.6 Å². The number of hydrogen-bond donors (Lipinski definition) is 3. The van der Waals surface area contributed by atoms with Crippen molar-refractivity contribution in [2.75, 3.05) is 23.4 Å². The second kappa shape index (κ2) is 11.4. The highest BCUT2D eigenvalue weighted by Gasteiger charge is 2.40. The van der Waals surface area contributed by atoms with Gasteiger partial charge in [-0.3, -0.25) is 9.59 Å². The molecule has 12 heteroatoms. The van der Waals surface area contributed by atoms with Gasteiger partial charge in [-0.25, -0.2) is 17.6 Å². The Bertz CT molecular complexity index is 1530. The summed E-state index contributed by atoms with van der Waals surface area (Å²) in [6.07, 6.45) is 1.20. The Hall–Kier alpha value is -3.96. The average Bonchev–Trinajstić information content (AvgIpc) is 3.29. The van der Waals surface area contributed by atoms with E-state index in [1.54, 1.807) is 42.5 Å². The van der Waals surface area contributed by atoms with Crippen LogP contribution in [0.5, 0.6) is 0 Å². The van der Waals surface area contributed by atoms with E-state index in [9.17, 15) is 22.8 Å². The van der Waals surface area contributed by atoms with E-state index in [0.29, 0.717) is 21.8 Å². The molecule has 0 spiro atoms. The lowest BCUT2D eigenvalue weighted by Crippen LogP contribution is -2.45. The number of likely N-dealkylation sites (tertiary alicyclic amines) is 1. The highest BCUT2D eigenvalue weighted by molar-refractivity contribution is 7.90. The molecule has 1 aliphatic rings. The van der Waals surface area contributed by atoms with E-state index < -0.39 is 39.7 Å². The lowest BCUT2D eigenvalue weighted by molar-refractivity contribution is -0.120. The molecular weight excluding hydrogens is 547 g/mol. The van der Waals surface area contributed by atoms with Crippen LogP contribution < -0.4 is 16.0 Å². The monoisotopic (exact) mass is 572 g/mol. The van der Waals surface area contributed by atoms with E-state index in [2.05, 4.69) is 16.0 Å². The Morgan fingerprint density at radius 1 is 1.00 bits per heavy atom. The molecule has 0 bridgehead atoms. The first-order chi connectivity index (χ1) is 18.4. The van der Waals surface area contributed by atoms with Gasteiger partial charge in [0.2, 0.25) is 11.8 Å². The van der Waals surface area contributed by atoms with Crippen molar-refractivity contribution in [3.63, 3.8) is 0 Å². The van der Waals surface area contributed by atoms with Crippen molar-refractivity contribution in [2.24, 2.45) is 0 Å². The van der Waals surface area contributed by atoms with E-state index in [0.717, 1.165) is 12.3 Å². The SMILES string of the molecule is CC(=O)N[C@@H]1C[C@H](C(=O)Nc2ccc(-c3ccccc3S(C)(=O)=O)cc2F)N(C(=O)Nc2ccc(Cl)cc2)C1. The van der Waals surface area contributed by atoms with E-state index in [-0.39, 0.29) is 29.5 Å². The summed E-state index contributed by atoms with van der Waals surface area (Å²) in [6, 6.07) is 14.6. The Labute approximate surface area is 230 Å². The molecule has 4 amide bonds. The van der Waals surface area contributed by atoms with Crippen molar-refractivity contribution >= 4 is 50.7 Å². The van der Waals surface area contributed by atoms with Crippen LogP contribution in [0.1, 0.15) is 13.3 Å². The molecule has 2 atom stereocenters. The summed E-state index contributed by atoms with van der Waals surface area (Å²) < 4.78 is 39.4. The van der Waals surface area contributed by atoms with Gasteiger partial charge in [-0.15, -0.1) is 0 Å². The Morgan fingerprint density at radius 3 is 2.33 bits per heavy atom. The molecular formula is C27H26ClFN4O5S. The van der Waals surface area contributed by atoms with Crippen LogP contribution in [0, 0.1) is 5.82 Å². The number of halogens is 2. The third-order valence-corrected chi connectivity index (χ3v) is 7.60. The van der Waals surface area contributed by atoms with Gasteiger partial charge in [0.1, 0.15) is 11.9 Å². The minimum atomic E-state index is -3.56. The van der Waals surface area contributed by atoms with Crippen LogP contribution in [0.4, 0.5) is 20.6 Å². The number of sulfone groups is 1. The van der Waals surface area contributed by atoms with Crippen LogP contribution in [0.25, 0.3) is 11.1 Å². The Morgan fingerprint density at radius 2 is 1.69 bits per heavy atom. The molecule has 4 rings (SSSR count). The molecule has 39 heavy (non-hydrogen) atoms. The van der Waals surface area contributed by atoms with Gasteiger partial charge >= 0.3 is 6.03 Å². The van der Waals surface area contributed by atoms with Crippen LogP contribution in [-0.2, 0) is 19.4 Å². The molecule has 1 heterocycles.